The highest BCUT2D eigenvalue weighted by molar-refractivity contribution is 7.98. The van der Waals surface area contributed by atoms with Gasteiger partial charge in [-0.05, 0) is 30.1 Å². The normalized spacial score (nSPS) is 13.1. The Kier molecular flexibility index (Phi) is 4.68. The number of thioether (sulfide) groups is 1. The van der Waals surface area contributed by atoms with Gasteiger partial charge in [0.15, 0.2) is 4.77 Å². The van der Waals surface area contributed by atoms with Crippen molar-refractivity contribution in [3.8, 4) is 0 Å². The van der Waals surface area contributed by atoms with E-state index < -0.39 is 0 Å². The summed E-state index contributed by atoms with van der Waals surface area (Å²) in [7, 11) is 0. The van der Waals surface area contributed by atoms with Crippen LogP contribution in [0.25, 0.3) is 0 Å². The number of hydrogen-bond acceptors (Lipinski definition) is 3. The monoisotopic (exact) mass is 231 g/mol. The molecule has 0 spiro atoms. The number of aryl methyl sites for hydroxylation is 1. The number of nitrogens with one attached hydrogen (secondary N) is 1. The molecule has 1 rings (SSSR count). The molecule has 0 bridgehead atoms. The predicted molar refractivity (Wildman–Crippen MR) is 64.3 cm³/mol. The first kappa shape index (κ1) is 11.8. The number of aromatic nitrogens is 3. The lowest BCUT2D eigenvalue weighted by atomic mass is 10.2. The van der Waals surface area contributed by atoms with Crippen LogP contribution in [0, 0.1) is 10.7 Å². The van der Waals surface area contributed by atoms with Gasteiger partial charge in [0.25, 0.3) is 0 Å². The fraction of sp³-hybridized carbons (Fsp3) is 0.778. The predicted octanol–water partition coefficient (Wildman–Crippen LogP) is 2.50. The molecule has 0 aliphatic carbocycles. The Labute approximate surface area is 94.3 Å². The van der Waals surface area contributed by atoms with Crippen molar-refractivity contribution < 1.29 is 0 Å². The molecule has 1 unspecified atom stereocenters. The van der Waals surface area contributed by atoms with Crippen LogP contribution in [0.4, 0.5) is 0 Å². The summed E-state index contributed by atoms with van der Waals surface area (Å²) in [5.41, 5.74) is 0. The van der Waals surface area contributed by atoms with Gasteiger partial charge >= 0.3 is 0 Å². The van der Waals surface area contributed by atoms with E-state index in [1.165, 1.54) is 0 Å². The summed E-state index contributed by atoms with van der Waals surface area (Å²) in [6, 6.07) is 0. The first-order chi connectivity index (χ1) is 6.69. The second-order valence-corrected chi connectivity index (χ2v) is 4.77. The molecule has 0 saturated heterocycles. The van der Waals surface area contributed by atoms with Crippen LogP contribution in [0.3, 0.4) is 0 Å². The minimum absolute atomic E-state index is 0.639. The van der Waals surface area contributed by atoms with Crippen molar-refractivity contribution in [3.05, 3.63) is 10.6 Å². The standard InChI is InChI=1S/C9H17N3S2/c1-4-8-10-11-9(13)12(8)5-7(2)6-14-3/h7H,4-6H2,1-3H3,(H,11,13). The van der Waals surface area contributed by atoms with E-state index in [4.69, 9.17) is 12.2 Å². The van der Waals surface area contributed by atoms with Gasteiger partial charge in [-0.25, -0.2) is 0 Å². The van der Waals surface area contributed by atoms with Gasteiger partial charge in [0.1, 0.15) is 5.82 Å². The van der Waals surface area contributed by atoms with Crippen LogP contribution in [0.15, 0.2) is 0 Å². The maximum atomic E-state index is 5.18. The summed E-state index contributed by atoms with van der Waals surface area (Å²) < 4.78 is 2.85. The summed E-state index contributed by atoms with van der Waals surface area (Å²) >= 11 is 7.05. The second kappa shape index (κ2) is 5.56. The molecule has 5 heteroatoms. The molecular formula is C9H17N3S2. The molecular weight excluding hydrogens is 214 g/mol. The molecule has 3 nitrogen and oxygen atoms in total. The van der Waals surface area contributed by atoms with Crippen molar-refractivity contribution >= 4 is 24.0 Å². The number of hydrogen-bond donors (Lipinski definition) is 1. The molecule has 0 radical (unpaired) electrons. The summed E-state index contributed by atoms with van der Waals surface area (Å²) in [6.45, 7) is 5.31. The molecule has 0 aliphatic heterocycles. The van der Waals surface area contributed by atoms with E-state index >= 15 is 0 Å². The van der Waals surface area contributed by atoms with E-state index in [0.29, 0.717) is 5.92 Å². The van der Waals surface area contributed by atoms with Crippen molar-refractivity contribution in [2.75, 3.05) is 12.0 Å². The molecule has 1 aromatic rings. The smallest absolute Gasteiger partial charge is 0.195 e. The van der Waals surface area contributed by atoms with Crippen LogP contribution in [-0.2, 0) is 13.0 Å². The van der Waals surface area contributed by atoms with Crippen molar-refractivity contribution in [2.24, 2.45) is 5.92 Å². The topological polar surface area (TPSA) is 33.6 Å². The van der Waals surface area contributed by atoms with E-state index in [1.54, 1.807) is 0 Å². The Morgan fingerprint density at radius 3 is 2.93 bits per heavy atom. The number of H-pyrrole nitrogens is 1. The molecule has 0 aliphatic rings. The Hall–Kier alpha value is -0.290. The molecule has 0 aromatic carbocycles. The quantitative estimate of drug-likeness (QED) is 0.791. The molecule has 0 fully saturated rings. The second-order valence-electron chi connectivity index (χ2n) is 3.47. The van der Waals surface area contributed by atoms with Crippen LogP contribution in [-0.4, -0.2) is 26.8 Å². The third kappa shape index (κ3) is 2.85. The maximum Gasteiger partial charge on any atom is 0.195 e. The zero-order chi connectivity index (χ0) is 10.6. The fourth-order valence-corrected chi connectivity index (χ4v) is 2.36. The first-order valence-electron chi connectivity index (χ1n) is 4.82. The zero-order valence-electron chi connectivity index (χ0n) is 8.91. The molecule has 0 amide bonds. The number of rotatable bonds is 5. The minimum Gasteiger partial charge on any atom is -0.304 e. The van der Waals surface area contributed by atoms with Gasteiger partial charge in [-0.1, -0.05) is 13.8 Å². The van der Waals surface area contributed by atoms with Gasteiger partial charge in [0.2, 0.25) is 0 Å². The highest BCUT2D eigenvalue weighted by Crippen LogP contribution is 2.09. The van der Waals surface area contributed by atoms with Crippen LogP contribution < -0.4 is 0 Å². The first-order valence-corrected chi connectivity index (χ1v) is 6.62. The molecule has 1 N–H and O–H groups in total. The highest BCUT2D eigenvalue weighted by Gasteiger charge is 2.07. The Bertz CT molecular complexity index is 329. The van der Waals surface area contributed by atoms with Crippen molar-refractivity contribution in [3.63, 3.8) is 0 Å². The molecule has 80 valence electrons. The zero-order valence-corrected chi connectivity index (χ0v) is 10.5. The fourth-order valence-electron chi connectivity index (χ4n) is 1.46. The molecule has 0 saturated carbocycles. The van der Waals surface area contributed by atoms with Gasteiger partial charge in [-0.15, -0.1) is 0 Å². The van der Waals surface area contributed by atoms with Gasteiger partial charge in [0.05, 0.1) is 0 Å². The molecule has 14 heavy (non-hydrogen) atoms. The third-order valence-electron chi connectivity index (χ3n) is 2.10. The lowest BCUT2D eigenvalue weighted by Crippen LogP contribution is -2.12. The van der Waals surface area contributed by atoms with Crippen LogP contribution in [0.5, 0.6) is 0 Å². The van der Waals surface area contributed by atoms with Crippen LogP contribution in [0.1, 0.15) is 19.7 Å². The average molecular weight is 231 g/mol. The van der Waals surface area contributed by atoms with Gasteiger partial charge in [-0.2, -0.15) is 16.9 Å². The van der Waals surface area contributed by atoms with E-state index in [0.717, 1.165) is 29.3 Å². The maximum absolute atomic E-state index is 5.18. The van der Waals surface area contributed by atoms with Crippen molar-refractivity contribution in [2.45, 2.75) is 26.8 Å². The lowest BCUT2D eigenvalue weighted by Gasteiger charge is -2.11. The van der Waals surface area contributed by atoms with Gasteiger partial charge < -0.3 is 4.57 Å². The van der Waals surface area contributed by atoms with E-state index in [9.17, 15) is 0 Å². The Balaban J connectivity index is 2.74. The summed E-state index contributed by atoms with van der Waals surface area (Å²) in [6.07, 6.45) is 3.06. The number of nitrogens with zero attached hydrogens (tertiary/aromatic N) is 2. The Morgan fingerprint density at radius 2 is 2.36 bits per heavy atom. The lowest BCUT2D eigenvalue weighted by molar-refractivity contribution is 0.511. The van der Waals surface area contributed by atoms with E-state index in [2.05, 4.69) is 34.9 Å². The van der Waals surface area contributed by atoms with Gasteiger partial charge in [0, 0.05) is 13.0 Å². The SMILES string of the molecule is CCc1n[nH]c(=S)n1CC(C)CSC. The van der Waals surface area contributed by atoms with Crippen LogP contribution >= 0.6 is 24.0 Å². The summed E-state index contributed by atoms with van der Waals surface area (Å²) in [5, 5.41) is 7.03. The third-order valence-corrected chi connectivity index (χ3v) is 3.31. The van der Waals surface area contributed by atoms with Crippen LogP contribution in [0.2, 0.25) is 0 Å². The summed E-state index contributed by atoms with van der Waals surface area (Å²) in [5.74, 6) is 2.86. The van der Waals surface area contributed by atoms with E-state index in [-0.39, 0.29) is 0 Å². The van der Waals surface area contributed by atoms with Gasteiger partial charge in [-0.3, -0.25) is 5.10 Å². The molecule has 1 aromatic heterocycles. The van der Waals surface area contributed by atoms with Crippen molar-refractivity contribution in [1.29, 1.82) is 0 Å². The largest absolute Gasteiger partial charge is 0.304 e. The average Bonchev–Trinajstić information content (AvgIpc) is 2.48. The molecule has 1 atom stereocenters. The van der Waals surface area contributed by atoms with E-state index in [1.807, 2.05) is 11.8 Å². The Morgan fingerprint density at radius 1 is 1.64 bits per heavy atom. The highest BCUT2D eigenvalue weighted by atomic mass is 32.2. The minimum atomic E-state index is 0.639. The number of aromatic amines is 1. The molecule has 1 heterocycles. The van der Waals surface area contributed by atoms with Crippen molar-refractivity contribution in [1.82, 2.24) is 14.8 Å². The summed E-state index contributed by atoms with van der Waals surface area (Å²) in [4.78, 5) is 0.